The van der Waals surface area contributed by atoms with E-state index in [9.17, 15) is 9.59 Å². The van der Waals surface area contributed by atoms with Gasteiger partial charge >= 0.3 is 0 Å². The molecule has 0 bridgehead atoms. The summed E-state index contributed by atoms with van der Waals surface area (Å²) in [5, 5.41) is 3.26. The van der Waals surface area contributed by atoms with E-state index in [1.54, 1.807) is 0 Å². The monoisotopic (exact) mass is 523 g/mol. The Labute approximate surface area is 232 Å². The topological polar surface area (TPSA) is 49.4 Å². The van der Waals surface area contributed by atoms with Crippen molar-refractivity contribution in [1.82, 2.24) is 10.2 Å². The molecule has 0 heterocycles. The number of hydrogen-bond donors (Lipinski definition) is 1. The van der Waals surface area contributed by atoms with Gasteiger partial charge in [-0.25, -0.2) is 0 Å². The molecular formula is C33H66N2O2. The fraction of sp³-hybridized carbons (Fsp3) is 0.939. The van der Waals surface area contributed by atoms with E-state index < -0.39 is 0 Å². The first-order valence-corrected chi connectivity index (χ1v) is 16.6. The van der Waals surface area contributed by atoms with Gasteiger partial charge in [0.05, 0.1) is 0 Å². The average molecular weight is 523 g/mol. The second-order valence-electron chi connectivity index (χ2n) is 11.6. The number of nitrogens with zero attached hydrogens (tertiary/aromatic N) is 1. The largest absolute Gasteiger partial charge is 0.336 e. The second-order valence-corrected chi connectivity index (χ2v) is 11.6. The normalized spacial score (nSPS) is 12.2. The van der Waals surface area contributed by atoms with Crippen molar-refractivity contribution in [2.45, 2.75) is 201 Å². The highest BCUT2D eigenvalue weighted by atomic mass is 16.2. The summed E-state index contributed by atoms with van der Waals surface area (Å²) in [6, 6.07) is 0.103. The number of carbonyl (C=O) groups excluding carboxylic acids is 2. The van der Waals surface area contributed by atoms with Crippen molar-refractivity contribution in [3.63, 3.8) is 0 Å². The standard InChI is InChI=1S/C33H66N2O2/c1-6-9-12-14-16-18-20-22-25-28-32(36)34-31(27-24-11-8-3)35(30(4)5)33(37)29-26-23-21-19-17-15-13-10-7-2/h30-31H,6-29H2,1-5H3,(H,34,36). The Morgan fingerprint density at radius 1 is 0.541 bits per heavy atom. The van der Waals surface area contributed by atoms with Crippen LogP contribution in [-0.2, 0) is 9.59 Å². The Bertz CT molecular complexity index is 520. The van der Waals surface area contributed by atoms with Crippen molar-refractivity contribution >= 4 is 11.8 Å². The van der Waals surface area contributed by atoms with Crippen LogP contribution >= 0.6 is 0 Å². The molecule has 0 radical (unpaired) electrons. The summed E-state index contributed by atoms with van der Waals surface area (Å²) in [4.78, 5) is 28.0. The highest BCUT2D eigenvalue weighted by Crippen LogP contribution is 2.17. The summed E-state index contributed by atoms with van der Waals surface area (Å²) in [5.41, 5.74) is 0. The number of carbonyl (C=O) groups is 2. The number of rotatable bonds is 27. The summed E-state index contributed by atoms with van der Waals surface area (Å²) < 4.78 is 0. The average Bonchev–Trinajstić information content (AvgIpc) is 2.86. The molecule has 37 heavy (non-hydrogen) atoms. The first kappa shape index (κ1) is 35.9. The molecule has 0 aromatic carbocycles. The van der Waals surface area contributed by atoms with Crippen LogP contribution in [-0.4, -0.2) is 28.9 Å². The van der Waals surface area contributed by atoms with Crippen LogP contribution in [0.4, 0.5) is 0 Å². The molecule has 1 atom stereocenters. The molecule has 0 fully saturated rings. The Morgan fingerprint density at radius 2 is 0.919 bits per heavy atom. The molecule has 0 saturated carbocycles. The van der Waals surface area contributed by atoms with E-state index >= 15 is 0 Å². The van der Waals surface area contributed by atoms with Crippen LogP contribution in [0.3, 0.4) is 0 Å². The van der Waals surface area contributed by atoms with Crippen LogP contribution in [0.2, 0.25) is 0 Å². The van der Waals surface area contributed by atoms with E-state index in [4.69, 9.17) is 0 Å². The molecule has 0 aliphatic rings. The molecule has 1 N–H and O–H groups in total. The van der Waals surface area contributed by atoms with Gasteiger partial charge < -0.3 is 10.2 Å². The van der Waals surface area contributed by atoms with Gasteiger partial charge in [0, 0.05) is 18.9 Å². The molecule has 0 rings (SSSR count). The van der Waals surface area contributed by atoms with Gasteiger partial charge in [0.15, 0.2) is 0 Å². The maximum Gasteiger partial charge on any atom is 0.224 e. The quantitative estimate of drug-likeness (QED) is 0.0861. The van der Waals surface area contributed by atoms with Gasteiger partial charge in [-0.2, -0.15) is 0 Å². The molecule has 0 saturated heterocycles. The molecule has 4 heteroatoms. The van der Waals surface area contributed by atoms with E-state index in [2.05, 4.69) is 39.9 Å². The highest BCUT2D eigenvalue weighted by Gasteiger charge is 2.26. The molecule has 220 valence electrons. The van der Waals surface area contributed by atoms with Crippen LogP contribution in [0.15, 0.2) is 0 Å². The minimum Gasteiger partial charge on any atom is -0.336 e. The zero-order chi connectivity index (χ0) is 27.6. The van der Waals surface area contributed by atoms with Crippen molar-refractivity contribution in [3.05, 3.63) is 0 Å². The molecule has 4 nitrogen and oxygen atoms in total. The van der Waals surface area contributed by atoms with Crippen molar-refractivity contribution in [2.24, 2.45) is 0 Å². The minimum absolute atomic E-state index is 0.103. The third kappa shape index (κ3) is 21.6. The van der Waals surface area contributed by atoms with Crippen LogP contribution in [0.25, 0.3) is 0 Å². The molecule has 0 aromatic rings. The number of unbranched alkanes of at least 4 members (excludes halogenated alkanes) is 18. The van der Waals surface area contributed by atoms with Gasteiger partial charge in [0.25, 0.3) is 0 Å². The fourth-order valence-electron chi connectivity index (χ4n) is 5.26. The zero-order valence-electron chi connectivity index (χ0n) is 25.9. The van der Waals surface area contributed by atoms with E-state index in [1.165, 1.54) is 89.9 Å². The van der Waals surface area contributed by atoms with Crippen LogP contribution in [0, 0.1) is 0 Å². The summed E-state index contributed by atoms with van der Waals surface area (Å²) in [6.07, 6.45) is 27.9. The molecule has 0 aromatic heterocycles. The first-order valence-electron chi connectivity index (χ1n) is 16.6. The van der Waals surface area contributed by atoms with Crippen molar-refractivity contribution in [2.75, 3.05) is 0 Å². The Morgan fingerprint density at radius 3 is 1.35 bits per heavy atom. The molecule has 1 unspecified atom stereocenters. The lowest BCUT2D eigenvalue weighted by atomic mass is 10.0. The summed E-state index contributed by atoms with van der Waals surface area (Å²) in [7, 11) is 0. The predicted octanol–water partition coefficient (Wildman–Crippen LogP) is 10.1. The Kier molecular flexibility index (Phi) is 25.8. The molecular weight excluding hydrogens is 456 g/mol. The van der Waals surface area contributed by atoms with Crippen molar-refractivity contribution < 1.29 is 9.59 Å². The lowest BCUT2D eigenvalue weighted by molar-refractivity contribution is -0.138. The lowest BCUT2D eigenvalue weighted by Gasteiger charge is -2.36. The first-order chi connectivity index (χ1) is 18.0. The van der Waals surface area contributed by atoms with E-state index in [1.807, 2.05) is 4.90 Å². The summed E-state index contributed by atoms with van der Waals surface area (Å²) >= 11 is 0. The van der Waals surface area contributed by atoms with Gasteiger partial charge in [0.1, 0.15) is 6.17 Å². The van der Waals surface area contributed by atoms with Gasteiger partial charge in [-0.15, -0.1) is 0 Å². The summed E-state index contributed by atoms with van der Waals surface area (Å²) in [6.45, 7) is 10.9. The lowest BCUT2D eigenvalue weighted by Crippen LogP contribution is -2.53. The maximum absolute atomic E-state index is 13.2. The van der Waals surface area contributed by atoms with Gasteiger partial charge in [-0.3, -0.25) is 9.59 Å². The van der Waals surface area contributed by atoms with Crippen molar-refractivity contribution in [3.8, 4) is 0 Å². The fourth-order valence-corrected chi connectivity index (χ4v) is 5.26. The van der Waals surface area contributed by atoms with Crippen LogP contribution in [0.5, 0.6) is 0 Å². The van der Waals surface area contributed by atoms with Crippen molar-refractivity contribution in [1.29, 1.82) is 0 Å². The SMILES string of the molecule is CCCCCCCCCCCC(=O)NC(CCCCC)N(C(=O)CCCCCCCCCCC)C(C)C. The number of hydrogen-bond acceptors (Lipinski definition) is 2. The maximum atomic E-state index is 13.2. The number of amides is 2. The van der Waals surface area contributed by atoms with Crippen LogP contribution < -0.4 is 5.32 Å². The zero-order valence-corrected chi connectivity index (χ0v) is 25.9. The number of nitrogens with one attached hydrogen (secondary N) is 1. The molecule has 0 aliphatic heterocycles. The molecule has 2 amide bonds. The van der Waals surface area contributed by atoms with Gasteiger partial charge in [0.2, 0.25) is 11.8 Å². The molecule has 0 spiro atoms. The molecule has 0 aliphatic carbocycles. The van der Waals surface area contributed by atoms with E-state index in [0.717, 1.165) is 51.4 Å². The predicted molar refractivity (Wildman–Crippen MR) is 162 cm³/mol. The Hall–Kier alpha value is -1.06. The van der Waals surface area contributed by atoms with E-state index in [-0.39, 0.29) is 24.0 Å². The highest BCUT2D eigenvalue weighted by molar-refractivity contribution is 5.79. The third-order valence-corrected chi connectivity index (χ3v) is 7.59. The second kappa shape index (κ2) is 26.5. The third-order valence-electron chi connectivity index (χ3n) is 7.59. The summed E-state index contributed by atoms with van der Waals surface area (Å²) in [5.74, 6) is 0.328. The minimum atomic E-state index is -0.163. The van der Waals surface area contributed by atoms with E-state index in [0.29, 0.717) is 12.8 Å². The van der Waals surface area contributed by atoms with Gasteiger partial charge in [-0.1, -0.05) is 136 Å². The van der Waals surface area contributed by atoms with Crippen LogP contribution in [0.1, 0.15) is 189 Å². The smallest absolute Gasteiger partial charge is 0.224 e. The van der Waals surface area contributed by atoms with Gasteiger partial charge in [-0.05, 0) is 39.5 Å². The Balaban J connectivity index is 4.48.